The number of carbonyl (C=O) groups is 1. The molecule has 1 saturated carbocycles. The minimum absolute atomic E-state index is 0.156. The van der Waals surface area contributed by atoms with Crippen LogP contribution in [-0.4, -0.2) is 40.0 Å². The first-order valence-electron chi connectivity index (χ1n) is 10.4. The molecule has 1 atom stereocenters. The molecule has 31 heavy (non-hydrogen) atoms. The van der Waals surface area contributed by atoms with Crippen molar-refractivity contribution in [2.45, 2.75) is 38.5 Å². The molecular weight excluding hydrogens is 396 g/mol. The van der Waals surface area contributed by atoms with Crippen molar-refractivity contribution in [1.82, 2.24) is 19.7 Å². The number of carbonyl (C=O) groups excluding carboxylic acids is 1. The monoisotopic (exact) mass is 422 g/mol. The molecule has 0 aliphatic heterocycles. The van der Waals surface area contributed by atoms with Crippen LogP contribution >= 0.6 is 0 Å². The van der Waals surface area contributed by atoms with Gasteiger partial charge in [0, 0.05) is 18.2 Å². The second kappa shape index (κ2) is 9.07. The van der Waals surface area contributed by atoms with Gasteiger partial charge in [0.25, 0.3) is 5.91 Å². The number of nitrogens with zero attached hydrogens (tertiary/aromatic N) is 3. The lowest BCUT2D eigenvalue weighted by molar-refractivity contribution is -0.127. The summed E-state index contributed by atoms with van der Waals surface area (Å²) >= 11 is 0. The van der Waals surface area contributed by atoms with Crippen LogP contribution in [0.4, 0.5) is 0 Å². The van der Waals surface area contributed by atoms with Crippen LogP contribution in [0.5, 0.6) is 11.5 Å². The molecule has 0 saturated heterocycles. The number of nitrogens with one attached hydrogen (secondary N) is 1. The van der Waals surface area contributed by atoms with E-state index in [9.17, 15) is 9.59 Å². The Labute approximate surface area is 180 Å². The molecule has 4 rings (SSSR count). The molecule has 1 heterocycles. The van der Waals surface area contributed by atoms with E-state index in [-0.39, 0.29) is 30.7 Å². The Morgan fingerprint density at radius 3 is 2.48 bits per heavy atom. The summed E-state index contributed by atoms with van der Waals surface area (Å²) in [6.45, 7) is 2.26. The zero-order chi connectivity index (χ0) is 21.8. The number of methoxy groups -OCH3 is 1. The molecule has 1 aliphatic carbocycles. The molecule has 1 aliphatic rings. The van der Waals surface area contributed by atoms with Crippen LogP contribution in [-0.2, 0) is 11.3 Å². The van der Waals surface area contributed by atoms with E-state index in [1.54, 1.807) is 30.7 Å². The van der Waals surface area contributed by atoms with Crippen LogP contribution in [0, 0.1) is 0 Å². The van der Waals surface area contributed by atoms with Crippen LogP contribution in [0.1, 0.15) is 25.8 Å². The fourth-order valence-electron chi connectivity index (χ4n) is 3.35. The topological polar surface area (TPSA) is 87.4 Å². The third kappa shape index (κ3) is 4.79. The maximum atomic E-state index is 12.9. The fraction of sp³-hybridized carbons (Fsp3) is 0.348. The molecule has 0 radical (unpaired) electrons. The van der Waals surface area contributed by atoms with Gasteiger partial charge in [-0.05, 0) is 56.2 Å². The molecule has 8 heteroatoms. The molecule has 1 amide bonds. The van der Waals surface area contributed by atoms with E-state index >= 15 is 0 Å². The Morgan fingerprint density at radius 1 is 1.13 bits per heavy atom. The van der Waals surface area contributed by atoms with Crippen molar-refractivity contribution in [3.63, 3.8) is 0 Å². The number of ether oxygens (including phenoxy) is 2. The molecule has 0 spiro atoms. The summed E-state index contributed by atoms with van der Waals surface area (Å²) in [5.74, 6) is 1.78. The highest BCUT2D eigenvalue weighted by Crippen LogP contribution is 2.36. The van der Waals surface area contributed by atoms with E-state index in [4.69, 9.17) is 9.47 Å². The van der Waals surface area contributed by atoms with Crippen LogP contribution in [0.25, 0.3) is 11.4 Å². The SMILES string of the molecule is COc1ccc(-c2nn(CCNC(=O)C(C)Oc3ccccc3)c(=O)n2C2CC2)cc1. The Kier molecular flexibility index (Phi) is 6.06. The standard InChI is InChI=1S/C23H26N4O4/c1-16(31-20-6-4-3-5-7-20)22(28)24-14-15-26-23(29)27(18-10-11-18)21(25-26)17-8-12-19(30-2)13-9-17/h3-9,12-13,16,18H,10-11,14-15H2,1-2H3,(H,24,28). The lowest BCUT2D eigenvalue weighted by atomic mass is 10.2. The van der Waals surface area contributed by atoms with Gasteiger partial charge in [-0.2, -0.15) is 0 Å². The largest absolute Gasteiger partial charge is 0.497 e. The summed E-state index contributed by atoms with van der Waals surface area (Å²) < 4.78 is 14.0. The average molecular weight is 422 g/mol. The van der Waals surface area contributed by atoms with Crippen molar-refractivity contribution >= 4 is 5.91 Å². The lowest BCUT2D eigenvalue weighted by Gasteiger charge is -2.14. The predicted octanol–water partition coefficient (Wildman–Crippen LogP) is 2.64. The molecular formula is C23H26N4O4. The average Bonchev–Trinajstić information content (AvgIpc) is 3.58. The molecule has 162 valence electrons. The molecule has 2 aromatic carbocycles. The van der Waals surface area contributed by atoms with Gasteiger partial charge < -0.3 is 14.8 Å². The highest BCUT2D eigenvalue weighted by Gasteiger charge is 2.30. The maximum absolute atomic E-state index is 12.9. The van der Waals surface area contributed by atoms with Gasteiger partial charge in [-0.25, -0.2) is 9.48 Å². The summed E-state index contributed by atoms with van der Waals surface area (Å²) in [6.07, 6.45) is 1.30. The summed E-state index contributed by atoms with van der Waals surface area (Å²) in [7, 11) is 1.61. The van der Waals surface area contributed by atoms with E-state index in [0.717, 1.165) is 24.2 Å². The lowest BCUT2D eigenvalue weighted by Crippen LogP contribution is -2.39. The molecule has 8 nitrogen and oxygen atoms in total. The highest BCUT2D eigenvalue weighted by atomic mass is 16.5. The Bertz CT molecular complexity index is 1090. The van der Waals surface area contributed by atoms with Crippen molar-refractivity contribution in [1.29, 1.82) is 0 Å². The van der Waals surface area contributed by atoms with Crippen LogP contribution in [0.15, 0.2) is 59.4 Å². The number of para-hydroxylation sites is 1. The van der Waals surface area contributed by atoms with E-state index < -0.39 is 6.10 Å². The van der Waals surface area contributed by atoms with Crippen LogP contribution in [0.3, 0.4) is 0 Å². The van der Waals surface area contributed by atoms with Gasteiger partial charge in [-0.1, -0.05) is 18.2 Å². The summed E-state index contributed by atoms with van der Waals surface area (Å²) in [5.41, 5.74) is 0.702. The highest BCUT2D eigenvalue weighted by molar-refractivity contribution is 5.80. The van der Waals surface area contributed by atoms with Gasteiger partial charge in [0.1, 0.15) is 11.5 Å². The second-order valence-corrected chi connectivity index (χ2v) is 7.52. The van der Waals surface area contributed by atoms with Gasteiger partial charge in [-0.15, -0.1) is 5.10 Å². The molecule has 1 unspecified atom stereocenters. The number of hydrogen-bond acceptors (Lipinski definition) is 5. The third-order valence-corrected chi connectivity index (χ3v) is 5.18. The normalized spacial score (nSPS) is 14.1. The van der Waals surface area contributed by atoms with E-state index in [2.05, 4.69) is 10.4 Å². The Morgan fingerprint density at radius 2 is 1.84 bits per heavy atom. The molecule has 1 fully saturated rings. The number of benzene rings is 2. The van der Waals surface area contributed by atoms with Gasteiger partial charge in [0.15, 0.2) is 11.9 Å². The van der Waals surface area contributed by atoms with Gasteiger partial charge in [0.2, 0.25) is 0 Å². The van der Waals surface area contributed by atoms with E-state index in [0.29, 0.717) is 11.6 Å². The van der Waals surface area contributed by atoms with Crippen molar-refractivity contribution in [2.75, 3.05) is 13.7 Å². The van der Waals surface area contributed by atoms with Crippen LogP contribution in [0.2, 0.25) is 0 Å². The van der Waals surface area contributed by atoms with Crippen molar-refractivity contribution in [3.8, 4) is 22.9 Å². The first kappa shape index (κ1) is 20.7. The van der Waals surface area contributed by atoms with Gasteiger partial charge >= 0.3 is 5.69 Å². The molecule has 1 aromatic heterocycles. The Balaban J connectivity index is 1.41. The second-order valence-electron chi connectivity index (χ2n) is 7.52. The first-order valence-corrected chi connectivity index (χ1v) is 10.4. The van der Waals surface area contributed by atoms with E-state index in [1.807, 2.05) is 42.5 Å². The predicted molar refractivity (Wildman–Crippen MR) is 116 cm³/mol. The molecule has 1 N–H and O–H groups in total. The number of aromatic nitrogens is 3. The zero-order valence-corrected chi connectivity index (χ0v) is 17.7. The van der Waals surface area contributed by atoms with Gasteiger partial charge in [0.05, 0.1) is 13.7 Å². The van der Waals surface area contributed by atoms with Crippen molar-refractivity contribution < 1.29 is 14.3 Å². The van der Waals surface area contributed by atoms with Gasteiger partial charge in [-0.3, -0.25) is 9.36 Å². The van der Waals surface area contributed by atoms with Crippen molar-refractivity contribution in [2.24, 2.45) is 0 Å². The maximum Gasteiger partial charge on any atom is 0.346 e. The summed E-state index contributed by atoms with van der Waals surface area (Å²) in [4.78, 5) is 25.3. The first-order chi connectivity index (χ1) is 15.1. The van der Waals surface area contributed by atoms with Crippen molar-refractivity contribution in [3.05, 3.63) is 65.1 Å². The minimum atomic E-state index is -0.641. The number of rotatable bonds is 9. The van der Waals surface area contributed by atoms with Crippen LogP contribution < -0.4 is 20.5 Å². The minimum Gasteiger partial charge on any atom is -0.497 e. The fourth-order valence-corrected chi connectivity index (χ4v) is 3.35. The number of amides is 1. The quantitative estimate of drug-likeness (QED) is 0.573. The third-order valence-electron chi connectivity index (χ3n) is 5.18. The summed E-state index contributed by atoms with van der Waals surface area (Å²) in [5, 5.41) is 7.37. The van der Waals surface area contributed by atoms with E-state index in [1.165, 1.54) is 4.68 Å². The molecule has 3 aromatic rings. The zero-order valence-electron chi connectivity index (χ0n) is 17.7. The smallest absolute Gasteiger partial charge is 0.346 e. The molecule has 0 bridgehead atoms. The number of hydrogen-bond donors (Lipinski definition) is 1. The summed E-state index contributed by atoms with van der Waals surface area (Å²) in [6, 6.07) is 16.9. The Hall–Kier alpha value is -3.55.